The molecular formula is C13H13N3OS. The highest BCUT2D eigenvalue weighted by atomic mass is 32.1. The number of benzene rings is 1. The van der Waals surface area contributed by atoms with E-state index in [1.807, 2.05) is 47.8 Å². The van der Waals surface area contributed by atoms with Crippen LogP contribution in [0.4, 0.5) is 5.69 Å². The van der Waals surface area contributed by atoms with Gasteiger partial charge in [0.25, 0.3) is 5.91 Å². The Hall–Kier alpha value is -2.14. The van der Waals surface area contributed by atoms with Crippen molar-refractivity contribution in [2.75, 3.05) is 11.9 Å². The van der Waals surface area contributed by atoms with Crippen molar-refractivity contribution in [3.8, 4) is 0 Å². The molecule has 2 rings (SSSR count). The Labute approximate surface area is 109 Å². The summed E-state index contributed by atoms with van der Waals surface area (Å²) in [4.78, 5) is 12.5. The number of anilines is 1. The third-order valence-electron chi connectivity index (χ3n) is 2.15. The second kappa shape index (κ2) is 6.56. The normalized spacial score (nSPS) is 10.4. The number of carbonyl (C=O) groups excluding carboxylic acids is 1. The van der Waals surface area contributed by atoms with E-state index in [4.69, 9.17) is 0 Å². The number of hydrazone groups is 1. The van der Waals surface area contributed by atoms with E-state index >= 15 is 0 Å². The molecule has 0 unspecified atom stereocenters. The first kappa shape index (κ1) is 12.3. The first-order valence-corrected chi connectivity index (χ1v) is 6.37. The van der Waals surface area contributed by atoms with Crippen LogP contribution in [0.2, 0.25) is 0 Å². The van der Waals surface area contributed by atoms with Gasteiger partial charge in [0, 0.05) is 10.6 Å². The minimum atomic E-state index is -0.174. The molecule has 18 heavy (non-hydrogen) atoms. The van der Waals surface area contributed by atoms with Crippen LogP contribution in [0.15, 0.2) is 52.9 Å². The van der Waals surface area contributed by atoms with Gasteiger partial charge in [0.2, 0.25) is 0 Å². The van der Waals surface area contributed by atoms with Crippen molar-refractivity contribution in [3.05, 3.63) is 52.7 Å². The van der Waals surface area contributed by atoms with Gasteiger partial charge in [-0.25, -0.2) is 5.43 Å². The molecule has 0 spiro atoms. The van der Waals surface area contributed by atoms with Crippen LogP contribution in [0.3, 0.4) is 0 Å². The van der Waals surface area contributed by atoms with Crippen LogP contribution in [0, 0.1) is 0 Å². The summed E-state index contributed by atoms with van der Waals surface area (Å²) in [5.41, 5.74) is 3.38. The van der Waals surface area contributed by atoms with Gasteiger partial charge < -0.3 is 5.32 Å². The van der Waals surface area contributed by atoms with E-state index in [1.165, 1.54) is 0 Å². The zero-order valence-corrected chi connectivity index (χ0v) is 10.5. The van der Waals surface area contributed by atoms with E-state index in [0.29, 0.717) is 0 Å². The molecule has 1 heterocycles. The highest BCUT2D eigenvalue weighted by Gasteiger charge is 1.98. The molecule has 1 amide bonds. The third-order valence-corrected chi connectivity index (χ3v) is 2.96. The summed E-state index contributed by atoms with van der Waals surface area (Å²) in [7, 11) is 0. The number of nitrogens with one attached hydrogen (secondary N) is 2. The molecule has 0 fully saturated rings. The Bertz CT molecular complexity index is 508. The van der Waals surface area contributed by atoms with Crippen LogP contribution >= 0.6 is 11.3 Å². The summed E-state index contributed by atoms with van der Waals surface area (Å²) in [6, 6.07) is 13.4. The van der Waals surface area contributed by atoms with Crippen LogP contribution < -0.4 is 10.7 Å². The Balaban J connectivity index is 1.73. The molecule has 1 aromatic heterocycles. The van der Waals surface area contributed by atoms with Gasteiger partial charge >= 0.3 is 0 Å². The molecule has 0 saturated carbocycles. The maximum atomic E-state index is 11.5. The van der Waals surface area contributed by atoms with Crippen LogP contribution in [0.1, 0.15) is 4.88 Å². The number of thiophene rings is 1. The van der Waals surface area contributed by atoms with E-state index in [0.717, 1.165) is 10.6 Å². The second-order valence-electron chi connectivity index (χ2n) is 3.53. The van der Waals surface area contributed by atoms with Gasteiger partial charge in [-0.2, -0.15) is 5.10 Å². The van der Waals surface area contributed by atoms with E-state index in [2.05, 4.69) is 15.8 Å². The summed E-state index contributed by atoms with van der Waals surface area (Å²) < 4.78 is 0. The second-order valence-corrected chi connectivity index (χ2v) is 4.51. The molecular weight excluding hydrogens is 246 g/mol. The molecule has 0 radical (unpaired) electrons. The number of carbonyl (C=O) groups is 1. The number of nitrogens with zero attached hydrogens (tertiary/aromatic N) is 1. The van der Waals surface area contributed by atoms with Crippen molar-refractivity contribution < 1.29 is 4.79 Å². The zero-order valence-electron chi connectivity index (χ0n) is 9.67. The zero-order chi connectivity index (χ0) is 12.6. The van der Waals surface area contributed by atoms with Crippen molar-refractivity contribution in [1.82, 2.24) is 5.43 Å². The number of amides is 1. The summed E-state index contributed by atoms with van der Waals surface area (Å²) >= 11 is 1.57. The van der Waals surface area contributed by atoms with Crippen LogP contribution in [0.5, 0.6) is 0 Å². The summed E-state index contributed by atoms with van der Waals surface area (Å²) in [6.45, 7) is 0.200. The van der Waals surface area contributed by atoms with Crippen molar-refractivity contribution in [2.45, 2.75) is 0 Å². The predicted molar refractivity (Wildman–Crippen MR) is 75.0 cm³/mol. The minimum absolute atomic E-state index is 0.174. The quantitative estimate of drug-likeness (QED) is 0.639. The first-order chi connectivity index (χ1) is 8.84. The van der Waals surface area contributed by atoms with Gasteiger partial charge in [-0.3, -0.25) is 4.79 Å². The average Bonchev–Trinajstić information content (AvgIpc) is 2.91. The lowest BCUT2D eigenvalue weighted by molar-refractivity contribution is -0.119. The number of para-hydroxylation sites is 1. The number of hydrogen-bond acceptors (Lipinski definition) is 4. The number of rotatable bonds is 5. The molecule has 0 atom stereocenters. The molecule has 1 aromatic carbocycles. The van der Waals surface area contributed by atoms with Crippen LogP contribution in [-0.2, 0) is 4.79 Å². The molecule has 2 N–H and O–H groups in total. The van der Waals surface area contributed by atoms with Crippen molar-refractivity contribution in [1.29, 1.82) is 0 Å². The highest BCUT2D eigenvalue weighted by molar-refractivity contribution is 7.11. The van der Waals surface area contributed by atoms with Crippen LogP contribution in [-0.4, -0.2) is 18.7 Å². The van der Waals surface area contributed by atoms with Gasteiger partial charge in [-0.05, 0) is 23.6 Å². The van der Waals surface area contributed by atoms with Crippen LogP contribution in [0.25, 0.3) is 0 Å². The summed E-state index contributed by atoms with van der Waals surface area (Å²) in [5.74, 6) is -0.174. The summed E-state index contributed by atoms with van der Waals surface area (Å²) in [6.07, 6.45) is 1.63. The lowest BCUT2D eigenvalue weighted by Crippen LogP contribution is -2.25. The Morgan fingerprint density at radius 3 is 2.78 bits per heavy atom. The monoisotopic (exact) mass is 259 g/mol. The maximum absolute atomic E-state index is 11.5. The first-order valence-electron chi connectivity index (χ1n) is 5.49. The molecule has 2 aromatic rings. The van der Waals surface area contributed by atoms with E-state index in [9.17, 15) is 4.79 Å². The van der Waals surface area contributed by atoms with E-state index in [-0.39, 0.29) is 12.5 Å². The van der Waals surface area contributed by atoms with Crippen molar-refractivity contribution in [3.63, 3.8) is 0 Å². The van der Waals surface area contributed by atoms with Gasteiger partial charge in [0.15, 0.2) is 0 Å². The van der Waals surface area contributed by atoms with Crippen molar-refractivity contribution >= 4 is 29.1 Å². The number of hydrogen-bond donors (Lipinski definition) is 2. The fourth-order valence-electron chi connectivity index (χ4n) is 1.31. The minimum Gasteiger partial charge on any atom is -0.376 e. The average molecular weight is 259 g/mol. The van der Waals surface area contributed by atoms with Gasteiger partial charge in [0.05, 0.1) is 12.8 Å². The third kappa shape index (κ3) is 4.03. The highest BCUT2D eigenvalue weighted by Crippen LogP contribution is 2.04. The lowest BCUT2D eigenvalue weighted by atomic mass is 10.3. The van der Waals surface area contributed by atoms with E-state index < -0.39 is 0 Å². The van der Waals surface area contributed by atoms with Crippen molar-refractivity contribution in [2.24, 2.45) is 5.10 Å². The molecule has 0 aliphatic rings. The molecule has 92 valence electrons. The van der Waals surface area contributed by atoms with Gasteiger partial charge in [-0.1, -0.05) is 24.3 Å². The van der Waals surface area contributed by atoms with Gasteiger partial charge in [0.1, 0.15) is 0 Å². The fourth-order valence-corrected chi connectivity index (χ4v) is 1.90. The lowest BCUT2D eigenvalue weighted by Gasteiger charge is -2.04. The molecule has 4 nitrogen and oxygen atoms in total. The molecule has 5 heteroatoms. The fraction of sp³-hybridized carbons (Fsp3) is 0.0769. The molecule has 0 aliphatic heterocycles. The Morgan fingerprint density at radius 1 is 1.22 bits per heavy atom. The molecule has 0 saturated heterocycles. The molecule has 0 aliphatic carbocycles. The topological polar surface area (TPSA) is 53.5 Å². The summed E-state index contributed by atoms with van der Waals surface area (Å²) in [5, 5.41) is 8.84. The Kier molecular flexibility index (Phi) is 4.49. The maximum Gasteiger partial charge on any atom is 0.259 e. The SMILES string of the molecule is O=C(CNc1ccccc1)N/N=C\c1cccs1. The largest absolute Gasteiger partial charge is 0.376 e. The standard InChI is InChI=1S/C13H13N3OS/c17-13(10-14-11-5-2-1-3-6-11)16-15-9-12-7-4-8-18-12/h1-9,14H,10H2,(H,16,17)/b15-9-. The predicted octanol–water partition coefficient (Wildman–Crippen LogP) is 2.31. The molecule has 0 bridgehead atoms. The smallest absolute Gasteiger partial charge is 0.259 e. The van der Waals surface area contributed by atoms with Gasteiger partial charge in [-0.15, -0.1) is 11.3 Å². The Morgan fingerprint density at radius 2 is 2.06 bits per heavy atom. The van der Waals surface area contributed by atoms with E-state index in [1.54, 1.807) is 17.6 Å².